The summed E-state index contributed by atoms with van der Waals surface area (Å²) >= 11 is 0. The van der Waals surface area contributed by atoms with E-state index in [0.717, 1.165) is 5.56 Å². The maximum atomic E-state index is 13.0. The number of benzene rings is 1. The summed E-state index contributed by atoms with van der Waals surface area (Å²) < 4.78 is 18.4. The largest absolute Gasteiger partial charge is 0.480 e. The van der Waals surface area contributed by atoms with Crippen LogP contribution in [0.2, 0.25) is 0 Å². The standard InChI is InChI=1S/C11H15FN2O2/c1-3-9(11(15)14-13)16-10-6-8(12)5-4-7(10)2/h4-6,9H,3,13H2,1-2H3,(H,14,15). The minimum Gasteiger partial charge on any atom is -0.480 e. The first kappa shape index (κ1) is 12.4. The van der Waals surface area contributed by atoms with E-state index in [2.05, 4.69) is 0 Å². The molecule has 1 aromatic carbocycles. The molecule has 1 atom stereocenters. The van der Waals surface area contributed by atoms with Crippen molar-refractivity contribution in [2.45, 2.75) is 26.4 Å². The Morgan fingerprint density at radius 1 is 1.62 bits per heavy atom. The van der Waals surface area contributed by atoms with Gasteiger partial charge in [0.25, 0.3) is 5.91 Å². The van der Waals surface area contributed by atoms with Gasteiger partial charge in [0, 0.05) is 6.07 Å². The quantitative estimate of drug-likeness (QED) is 0.462. The molecule has 1 rings (SSSR count). The Hall–Kier alpha value is -1.62. The summed E-state index contributed by atoms with van der Waals surface area (Å²) in [5.74, 6) is 4.55. The van der Waals surface area contributed by atoms with E-state index in [-0.39, 0.29) is 0 Å². The Morgan fingerprint density at radius 3 is 2.88 bits per heavy atom. The number of nitrogens with two attached hydrogens (primary N) is 1. The molecule has 5 heteroatoms. The van der Waals surface area contributed by atoms with Gasteiger partial charge < -0.3 is 4.74 Å². The molecule has 0 radical (unpaired) electrons. The molecule has 0 aromatic heterocycles. The van der Waals surface area contributed by atoms with Gasteiger partial charge in [-0.05, 0) is 25.0 Å². The van der Waals surface area contributed by atoms with Crippen LogP contribution in [0.25, 0.3) is 0 Å². The topological polar surface area (TPSA) is 64.3 Å². The lowest BCUT2D eigenvalue weighted by Crippen LogP contribution is -2.41. The molecule has 0 fully saturated rings. The van der Waals surface area contributed by atoms with Crippen molar-refractivity contribution in [3.8, 4) is 5.75 Å². The molecule has 1 unspecified atom stereocenters. The van der Waals surface area contributed by atoms with Crippen molar-refractivity contribution >= 4 is 5.91 Å². The summed E-state index contributed by atoms with van der Waals surface area (Å²) in [5, 5.41) is 0. The lowest BCUT2D eigenvalue weighted by atomic mass is 10.2. The second kappa shape index (κ2) is 5.46. The molecule has 1 amide bonds. The Balaban J connectivity index is 2.85. The van der Waals surface area contributed by atoms with Crippen LogP contribution in [0.15, 0.2) is 18.2 Å². The van der Waals surface area contributed by atoms with Crippen LogP contribution >= 0.6 is 0 Å². The third-order valence-electron chi connectivity index (χ3n) is 2.22. The van der Waals surface area contributed by atoms with E-state index in [1.807, 2.05) is 5.43 Å². The van der Waals surface area contributed by atoms with Gasteiger partial charge in [0.1, 0.15) is 11.6 Å². The summed E-state index contributed by atoms with van der Waals surface area (Å²) in [6.45, 7) is 3.57. The molecular formula is C11H15FN2O2. The molecule has 0 heterocycles. The van der Waals surface area contributed by atoms with E-state index in [9.17, 15) is 9.18 Å². The first-order valence-corrected chi connectivity index (χ1v) is 5.01. The predicted octanol–water partition coefficient (Wildman–Crippen LogP) is 1.28. The minimum absolute atomic E-state index is 0.357. The number of aryl methyl sites for hydroxylation is 1. The third-order valence-corrected chi connectivity index (χ3v) is 2.22. The summed E-state index contributed by atoms with van der Waals surface area (Å²) in [5.41, 5.74) is 2.78. The molecule has 0 aliphatic carbocycles. The number of ether oxygens (including phenoxy) is 1. The van der Waals surface area contributed by atoms with Crippen LogP contribution in [-0.4, -0.2) is 12.0 Å². The number of amides is 1. The van der Waals surface area contributed by atoms with Crippen LogP contribution < -0.4 is 16.0 Å². The van der Waals surface area contributed by atoms with Crippen molar-refractivity contribution in [2.24, 2.45) is 5.84 Å². The number of rotatable bonds is 4. The van der Waals surface area contributed by atoms with Crippen molar-refractivity contribution in [1.29, 1.82) is 0 Å². The highest BCUT2D eigenvalue weighted by Crippen LogP contribution is 2.20. The Bertz CT molecular complexity index is 382. The minimum atomic E-state index is -0.703. The summed E-state index contributed by atoms with van der Waals surface area (Å²) in [7, 11) is 0. The second-order valence-electron chi connectivity index (χ2n) is 3.43. The normalized spacial score (nSPS) is 12.0. The summed E-state index contributed by atoms with van der Waals surface area (Å²) in [6.07, 6.45) is -0.246. The van der Waals surface area contributed by atoms with Crippen LogP contribution in [-0.2, 0) is 4.79 Å². The maximum Gasteiger partial charge on any atom is 0.274 e. The van der Waals surface area contributed by atoms with Crippen LogP contribution in [0, 0.1) is 12.7 Å². The van der Waals surface area contributed by atoms with Crippen molar-refractivity contribution in [3.05, 3.63) is 29.6 Å². The number of carbonyl (C=O) groups is 1. The smallest absolute Gasteiger partial charge is 0.274 e. The van der Waals surface area contributed by atoms with E-state index in [0.29, 0.717) is 12.2 Å². The molecular weight excluding hydrogens is 211 g/mol. The van der Waals surface area contributed by atoms with Gasteiger partial charge in [0.05, 0.1) is 0 Å². The third kappa shape index (κ3) is 2.93. The highest BCUT2D eigenvalue weighted by atomic mass is 19.1. The van der Waals surface area contributed by atoms with Gasteiger partial charge in [-0.15, -0.1) is 0 Å². The van der Waals surface area contributed by atoms with Crippen molar-refractivity contribution in [2.75, 3.05) is 0 Å². The SMILES string of the molecule is CCC(Oc1cc(F)ccc1C)C(=O)NN. The van der Waals surface area contributed by atoms with Gasteiger partial charge in [-0.1, -0.05) is 13.0 Å². The zero-order valence-corrected chi connectivity index (χ0v) is 9.29. The van der Waals surface area contributed by atoms with Gasteiger partial charge >= 0.3 is 0 Å². The first-order chi connectivity index (χ1) is 7.58. The molecule has 0 aliphatic heterocycles. The van der Waals surface area contributed by atoms with E-state index in [1.165, 1.54) is 12.1 Å². The molecule has 88 valence electrons. The number of carbonyl (C=O) groups excluding carboxylic acids is 1. The fourth-order valence-electron chi connectivity index (χ4n) is 1.27. The van der Waals surface area contributed by atoms with Crippen LogP contribution in [0.1, 0.15) is 18.9 Å². The highest BCUT2D eigenvalue weighted by Gasteiger charge is 2.18. The van der Waals surface area contributed by atoms with E-state index < -0.39 is 17.8 Å². The van der Waals surface area contributed by atoms with Gasteiger partial charge in [-0.3, -0.25) is 10.2 Å². The Labute approximate surface area is 93.6 Å². The lowest BCUT2D eigenvalue weighted by molar-refractivity contribution is -0.128. The fraction of sp³-hybridized carbons (Fsp3) is 0.364. The predicted molar refractivity (Wildman–Crippen MR) is 58.2 cm³/mol. The average Bonchev–Trinajstić information content (AvgIpc) is 2.29. The highest BCUT2D eigenvalue weighted by molar-refractivity contribution is 5.80. The summed E-state index contributed by atoms with van der Waals surface area (Å²) in [6, 6.07) is 4.19. The fourth-order valence-corrected chi connectivity index (χ4v) is 1.27. The Kier molecular flexibility index (Phi) is 4.25. The molecule has 0 bridgehead atoms. The number of hydrazine groups is 1. The van der Waals surface area contributed by atoms with E-state index in [1.54, 1.807) is 19.9 Å². The van der Waals surface area contributed by atoms with Gasteiger partial charge in [-0.2, -0.15) is 0 Å². The van der Waals surface area contributed by atoms with Crippen LogP contribution in [0.4, 0.5) is 4.39 Å². The number of hydrogen-bond acceptors (Lipinski definition) is 3. The molecule has 16 heavy (non-hydrogen) atoms. The van der Waals surface area contributed by atoms with Crippen molar-refractivity contribution < 1.29 is 13.9 Å². The summed E-state index contributed by atoms with van der Waals surface area (Å²) in [4.78, 5) is 11.3. The average molecular weight is 226 g/mol. The molecule has 0 spiro atoms. The molecule has 1 aromatic rings. The zero-order valence-electron chi connectivity index (χ0n) is 9.29. The van der Waals surface area contributed by atoms with E-state index in [4.69, 9.17) is 10.6 Å². The maximum absolute atomic E-state index is 13.0. The van der Waals surface area contributed by atoms with Crippen LogP contribution in [0.5, 0.6) is 5.75 Å². The number of nitrogens with one attached hydrogen (secondary N) is 1. The molecule has 0 saturated carbocycles. The van der Waals surface area contributed by atoms with Crippen molar-refractivity contribution in [1.82, 2.24) is 5.43 Å². The van der Waals surface area contributed by atoms with Crippen molar-refractivity contribution in [3.63, 3.8) is 0 Å². The molecule has 3 N–H and O–H groups in total. The van der Waals surface area contributed by atoms with Gasteiger partial charge in [0.15, 0.2) is 6.10 Å². The van der Waals surface area contributed by atoms with Gasteiger partial charge in [0.2, 0.25) is 0 Å². The monoisotopic (exact) mass is 226 g/mol. The van der Waals surface area contributed by atoms with E-state index >= 15 is 0 Å². The molecule has 0 aliphatic rings. The second-order valence-corrected chi connectivity index (χ2v) is 3.43. The zero-order chi connectivity index (χ0) is 12.1. The molecule has 4 nitrogen and oxygen atoms in total. The van der Waals surface area contributed by atoms with Gasteiger partial charge in [-0.25, -0.2) is 10.2 Å². The first-order valence-electron chi connectivity index (χ1n) is 5.01. The number of halogens is 1. The lowest BCUT2D eigenvalue weighted by Gasteiger charge is -2.17. The molecule has 0 saturated heterocycles. The number of hydrogen-bond donors (Lipinski definition) is 2. The van der Waals surface area contributed by atoms with Crippen LogP contribution in [0.3, 0.4) is 0 Å². The Morgan fingerprint density at radius 2 is 2.31 bits per heavy atom.